The summed E-state index contributed by atoms with van der Waals surface area (Å²) in [6.45, 7) is 3.45. The van der Waals surface area contributed by atoms with Crippen LogP contribution in [-0.4, -0.2) is 5.11 Å². The average molecular weight is 275 g/mol. The third-order valence-electron chi connectivity index (χ3n) is 1.98. The van der Waals surface area contributed by atoms with Crippen LogP contribution in [0.3, 0.4) is 0 Å². The lowest BCUT2D eigenvalue weighted by molar-refractivity contribution is 0.453. The van der Waals surface area contributed by atoms with Crippen LogP contribution >= 0.6 is 27.5 Å². The number of halogens is 2. The summed E-state index contributed by atoms with van der Waals surface area (Å²) in [5.74, 6) is 0.0703. The van der Waals surface area contributed by atoms with Gasteiger partial charge in [-0.15, -0.1) is 0 Å². The number of phenolic OH excluding ortho intramolecular Hbond substituents is 1. The van der Waals surface area contributed by atoms with Crippen molar-refractivity contribution in [3.05, 3.63) is 27.2 Å². The molecule has 0 atom stereocenters. The molecule has 14 heavy (non-hydrogen) atoms. The summed E-state index contributed by atoms with van der Waals surface area (Å²) < 4.78 is 0.503. The number of aromatic hydroxyl groups is 1. The van der Waals surface area contributed by atoms with Gasteiger partial charge in [-0.25, -0.2) is 0 Å². The molecule has 0 radical (unpaired) electrons. The first-order valence-electron chi connectivity index (χ1n) is 3.98. The van der Waals surface area contributed by atoms with Gasteiger partial charge in [0.25, 0.3) is 0 Å². The Morgan fingerprint density at radius 1 is 1.50 bits per heavy atom. The molecule has 0 spiro atoms. The Morgan fingerprint density at radius 3 is 2.57 bits per heavy atom. The fourth-order valence-electron chi connectivity index (χ4n) is 1.10. The number of phenols is 1. The standard InChI is InChI=1S/C10H9BrClNO/c1-10(2,5-13)7-3-6(12)4-8(11)9(7)14/h3-4,14H,1-2H3. The normalized spacial score (nSPS) is 11.1. The van der Waals surface area contributed by atoms with Crippen molar-refractivity contribution < 1.29 is 5.11 Å². The third-order valence-corrected chi connectivity index (χ3v) is 2.80. The average Bonchev–Trinajstić information content (AvgIpc) is 2.11. The zero-order chi connectivity index (χ0) is 10.9. The van der Waals surface area contributed by atoms with Crippen LogP contribution in [0.1, 0.15) is 19.4 Å². The van der Waals surface area contributed by atoms with Crippen LogP contribution in [0, 0.1) is 11.3 Å². The summed E-state index contributed by atoms with van der Waals surface area (Å²) >= 11 is 9.01. The van der Waals surface area contributed by atoms with Crippen LogP contribution < -0.4 is 0 Å². The summed E-state index contributed by atoms with van der Waals surface area (Å²) in [6.07, 6.45) is 0. The fraction of sp³-hybridized carbons (Fsp3) is 0.300. The lowest BCUT2D eigenvalue weighted by Crippen LogP contribution is -2.14. The lowest BCUT2D eigenvalue weighted by Gasteiger charge is -2.18. The molecule has 0 heterocycles. The zero-order valence-electron chi connectivity index (χ0n) is 7.81. The van der Waals surface area contributed by atoms with Crippen molar-refractivity contribution in [1.82, 2.24) is 0 Å². The van der Waals surface area contributed by atoms with Crippen molar-refractivity contribution in [2.45, 2.75) is 19.3 Å². The van der Waals surface area contributed by atoms with Gasteiger partial charge in [-0.3, -0.25) is 0 Å². The van der Waals surface area contributed by atoms with E-state index in [2.05, 4.69) is 22.0 Å². The first-order chi connectivity index (χ1) is 6.38. The molecular weight excluding hydrogens is 265 g/mol. The molecule has 1 N–H and O–H groups in total. The van der Waals surface area contributed by atoms with Crippen LogP contribution in [-0.2, 0) is 5.41 Å². The van der Waals surface area contributed by atoms with Gasteiger partial charge in [-0.05, 0) is 41.9 Å². The van der Waals surface area contributed by atoms with Crippen molar-refractivity contribution in [3.63, 3.8) is 0 Å². The van der Waals surface area contributed by atoms with Crippen molar-refractivity contribution in [3.8, 4) is 11.8 Å². The summed E-state index contributed by atoms with van der Waals surface area (Å²) in [7, 11) is 0. The van der Waals surface area contributed by atoms with E-state index in [1.54, 1.807) is 26.0 Å². The van der Waals surface area contributed by atoms with E-state index < -0.39 is 5.41 Å². The van der Waals surface area contributed by atoms with Gasteiger partial charge < -0.3 is 5.11 Å². The molecule has 0 unspecified atom stereocenters. The van der Waals surface area contributed by atoms with Crippen LogP contribution in [0.4, 0.5) is 0 Å². The van der Waals surface area contributed by atoms with Gasteiger partial charge in [-0.1, -0.05) is 11.6 Å². The molecule has 0 aliphatic rings. The smallest absolute Gasteiger partial charge is 0.134 e. The van der Waals surface area contributed by atoms with E-state index in [-0.39, 0.29) is 5.75 Å². The summed E-state index contributed by atoms with van der Waals surface area (Å²) in [6, 6.07) is 5.31. The van der Waals surface area contributed by atoms with Crippen molar-refractivity contribution in [1.29, 1.82) is 5.26 Å². The molecule has 4 heteroatoms. The SMILES string of the molecule is CC(C)(C#N)c1cc(Cl)cc(Br)c1O. The van der Waals surface area contributed by atoms with E-state index in [0.717, 1.165) is 0 Å². The summed E-state index contributed by atoms with van der Waals surface area (Å²) in [4.78, 5) is 0. The minimum absolute atomic E-state index is 0.0703. The molecule has 2 nitrogen and oxygen atoms in total. The minimum Gasteiger partial charge on any atom is -0.506 e. The number of nitriles is 1. The van der Waals surface area contributed by atoms with Gasteiger partial charge in [-0.2, -0.15) is 5.26 Å². The highest BCUT2D eigenvalue weighted by Gasteiger charge is 2.25. The molecule has 0 fully saturated rings. The minimum atomic E-state index is -0.752. The molecule has 74 valence electrons. The molecule has 0 aromatic heterocycles. The second-order valence-corrected chi connectivity index (χ2v) is 4.81. The van der Waals surface area contributed by atoms with Crippen LogP contribution in [0.5, 0.6) is 5.75 Å². The Kier molecular flexibility index (Phi) is 3.08. The first-order valence-corrected chi connectivity index (χ1v) is 5.15. The van der Waals surface area contributed by atoms with Gasteiger partial charge in [0.1, 0.15) is 5.75 Å². The molecule has 1 aromatic rings. The van der Waals surface area contributed by atoms with E-state index in [0.29, 0.717) is 15.1 Å². The fourth-order valence-corrected chi connectivity index (χ4v) is 1.91. The topological polar surface area (TPSA) is 44.0 Å². The van der Waals surface area contributed by atoms with Gasteiger partial charge in [0.2, 0.25) is 0 Å². The maximum atomic E-state index is 9.73. The van der Waals surface area contributed by atoms with E-state index in [1.807, 2.05) is 0 Å². The second kappa shape index (κ2) is 3.80. The van der Waals surface area contributed by atoms with Crippen LogP contribution in [0.15, 0.2) is 16.6 Å². The number of hydrogen-bond acceptors (Lipinski definition) is 2. The Bertz CT molecular complexity index is 409. The molecule has 0 aliphatic heterocycles. The van der Waals surface area contributed by atoms with E-state index >= 15 is 0 Å². The zero-order valence-corrected chi connectivity index (χ0v) is 10.1. The van der Waals surface area contributed by atoms with E-state index in [1.165, 1.54) is 0 Å². The Hall–Kier alpha value is -0.720. The van der Waals surface area contributed by atoms with Crippen molar-refractivity contribution in [2.75, 3.05) is 0 Å². The van der Waals surface area contributed by atoms with Gasteiger partial charge in [0.05, 0.1) is 16.0 Å². The molecule has 1 aromatic carbocycles. The molecule has 1 rings (SSSR count). The Labute approximate surface area is 96.2 Å². The molecule has 0 saturated heterocycles. The highest BCUT2D eigenvalue weighted by molar-refractivity contribution is 9.10. The lowest BCUT2D eigenvalue weighted by atomic mass is 9.86. The maximum Gasteiger partial charge on any atom is 0.134 e. The molecular formula is C10H9BrClNO. The predicted octanol–water partition coefficient (Wildman–Crippen LogP) is 3.61. The highest BCUT2D eigenvalue weighted by Crippen LogP contribution is 2.38. The van der Waals surface area contributed by atoms with Crippen molar-refractivity contribution >= 4 is 27.5 Å². The molecule has 0 bridgehead atoms. The Balaban J connectivity index is 3.44. The molecule has 0 amide bonds. The van der Waals surface area contributed by atoms with Crippen LogP contribution in [0.2, 0.25) is 5.02 Å². The maximum absolute atomic E-state index is 9.73. The predicted molar refractivity (Wildman–Crippen MR) is 59.5 cm³/mol. The highest BCUT2D eigenvalue weighted by atomic mass is 79.9. The summed E-state index contributed by atoms with van der Waals surface area (Å²) in [5, 5.41) is 19.2. The third kappa shape index (κ3) is 2.02. The monoisotopic (exact) mass is 273 g/mol. The number of benzene rings is 1. The van der Waals surface area contributed by atoms with Crippen LogP contribution in [0.25, 0.3) is 0 Å². The van der Waals surface area contributed by atoms with Gasteiger partial charge >= 0.3 is 0 Å². The number of rotatable bonds is 1. The van der Waals surface area contributed by atoms with E-state index in [9.17, 15) is 5.11 Å². The second-order valence-electron chi connectivity index (χ2n) is 3.52. The van der Waals surface area contributed by atoms with E-state index in [4.69, 9.17) is 16.9 Å². The number of nitrogens with zero attached hydrogens (tertiary/aromatic N) is 1. The molecule has 0 saturated carbocycles. The van der Waals surface area contributed by atoms with Gasteiger partial charge in [0.15, 0.2) is 0 Å². The quantitative estimate of drug-likeness (QED) is 0.850. The first kappa shape index (κ1) is 11.4. The molecule has 0 aliphatic carbocycles. The largest absolute Gasteiger partial charge is 0.506 e. The summed E-state index contributed by atoms with van der Waals surface area (Å²) in [5.41, 5.74) is -0.225. The Morgan fingerprint density at radius 2 is 2.07 bits per heavy atom. The number of hydrogen-bond donors (Lipinski definition) is 1. The van der Waals surface area contributed by atoms with Crippen molar-refractivity contribution in [2.24, 2.45) is 0 Å². The van der Waals surface area contributed by atoms with Gasteiger partial charge in [0, 0.05) is 10.6 Å².